The monoisotopic (exact) mass is 539 g/mol. The van der Waals surface area contributed by atoms with Gasteiger partial charge >= 0.3 is 6.09 Å². The molecule has 2 aliphatic rings. The summed E-state index contributed by atoms with van der Waals surface area (Å²) in [6.07, 6.45) is 3.80. The minimum atomic E-state index is -0.410. The Kier molecular flexibility index (Phi) is 8.03. The molecular weight excluding hydrogens is 505 g/mol. The molecule has 3 atom stereocenters. The van der Waals surface area contributed by atoms with Crippen molar-refractivity contribution in [3.63, 3.8) is 0 Å². The van der Waals surface area contributed by atoms with E-state index >= 15 is 0 Å². The highest BCUT2D eigenvalue weighted by Gasteiger charge is 2.34. The summed E-state index contributed by atoms with van der Waals surface area (Å²) in [7, 11) is 0. The van der Waals surface area contributed by atoms with Crippen molar-refractivity contribution >= 4 is 12.0 Å². The van der Waals surface area contributed by atoms with Crippen molar-refractivity contribution in [2.45, 2.75) is 63.9 Å². The Hall–Kier alpha value is -3.64. The molecule has 1 amide bonds. The number of ether oxygens (including phenoxy) is 2. The predicted octanol–water partition coefficient (Wildman–Crippen LogP) is 3.68. The maximum atomic E-state index is 14.3. The standard InChI is InChI=1S/C27H34FN7O4/c1-16(2)37-27(36)34-10-8-19(9-11-34)38-17(3)25-32-24(33-39-25)18-12-30-26(31-13-18)35-14-21(23(29)15-35)20-6-4-5-7-22(20)28/h4-7,12-13,16-17,19,21,23H,8-11,14-15,29H2,1-3H3. The van der Waals surface area contributed by atoms with E-state index in [2.05, 4.69) is 20.1 Å². The molecule has 5 rings (SSSR count). The van der Waals surface area contributed by atoms with E-state index in [0.717, 1.165) is 0 Å². The summed E-state index contributed by atoms with van der Waals surface area (Å²) < 4.78 is 31.2. The number of hydrogen-bond donors (Lipinski definition) is 1. The van der Waals surface area contributed by atoms with Gasteiger partial charge in [-0.25, -0.2) is 19.2 Å². The normalized spacial score (nSPS) is 21.0. The molecule has 2 aromatic heterocycles. The number of carbonyl (C=O) groups excluding carboxylic acids is 1. The van der Waals surface area contributed by atoms with Crippen LogP contribution in [0.25, 0.3) is 11.4 Å². The largest absolute Gasteiger partial charge is 0.447 e. The molecule has 0 radical (unpaired) electrons. The first kappa shape index (κ1) is 26.9. The lowest BCUT2D eigenvalue weighted by Crippen LogP contribution is -2.42. The third kappa shape index (κ3) is 6.17. The number of nitrogens with zero attached hydrogens (tertiary/aromatic N) is 6. The average molecular weight is 540 g/mol. The van der Waals surface area contributed by atoms with Gasteiger partial charge in [-0.1, -0.05) is 23.4 Å². The molecule has 2 fully saturated rings. The van der Waals surface area contributed by atoms with Gasteiger partial charge in [0.25, 0.3) is 5.89 Å². The van der Waals surface area contributed by atoms with Crippen molar-refractivity contribution in [3.8, 4) is 11.4 Å². The second kappa shape index (κ2) is 11.6. The van der Waals surface area contributed by atoms with Gasteiger partial charge in [0.2, 0.25) is 11.8 Å². The molecule has 2 N–H and O–H groups in total. The van der Waals surface area contributed by atoms with E-state index in [-0.39, 0.29) is 36.1 Å². The molecule has 208 valence electrons. The summed E-state index contributed by atoms with van der Waals surface area (Å²) in [5.74, 6) is 0.836. The number of rotatable bonds is 7. The van der Waals surface area contributed by atoms with Crippen LogP contribution in [0.4, 0.5) is 15.1 Å². The Morgan fingerprint density at radius 2 is 1.85 bits per heavy atom. The van der Waals surface area contributed by atoms with Crippen LogP contribution in [-0.2, 0) is 9.47 Å². The van der Waals surface area contributed by atoms with Gasteiger partial charge in [-0.05, 0) is 45.2 Å². The van der Waals surface area contributed by atoms with E-state index in [1.165, 1.54) is 6.07 Å². The molecule has 39 heavy (non-hydrogen) atoms. The van der Waals surface area contributed by atoms with Crippen molar-refractivity contribution in [3.05, 3.63) is 53.9 Å². The highest BCUT2D eigenvalue weighted by Crippen LogP contribution is 2.31. The number of benzene rings is 1. The number of aromatic nitrogens is 4. The van der Waals surface area contributed by atoms with Gasteiger partial charge in [0.1, 0.15) is 11.9 Å². The number of likely N-dealkylation sites (tertiary alicyclic amines) is 1. The third-order valence-electron chi connectivity index (χ3n) is 7.07. The van der Waals surface area contributed by atoms with E-state index in [9.17, 15) is 9.18 Å². The molecule has 3 aromatic rings. The van der Waals surface area contributed by atoms with Crippen molar-refractivity contribution in [1.29, 1.82) is 0 Å². The molecule has 2 saturated heterocycles. The smallest absolute Gasteiger partial charge is 0.410 e. The quantitative estimate of drug-likeness (QED) is 0.474. The zero-order valence-electron chi connectivity index (χ0n) is 22.4. The zero-order valence-corrected chi connectivity index (χ0v) is 22.4. The van der Waals surface area contributed by atoms with Crippen LogP contribution in [0.15, 0.2) is 41.2 Å². The van der Waals surface area contributed by atoms with Crippen molar-refractivity contribution < 1.29 is 23.2 Å². The summed E-state index contributed by atoms with van der Waals surface area (Å²) in [4.78, 5) is 29.2. The van der Waals surface area contributed by atoms with Gasteiger partial charge in [-0.15, -0.1) is 0 Å². The van der Waals surface area contributed by atoms with Gasteiger partial charge in [0.15, 0.2) is 0 Å². The lowest BCUT2D eigenvalue weighted by Gasteiger charge is -2.32. The fourth-order valence-corrected chi connectivity index (χ4v) is 5.01. The highest BCUT2D eigenvalue weighted by atomic mass is 19.1. The minimum absolute atomic E-state index is 0.0268. The van der Waals surface area contributed by atoms with Crippen LogP contribution in [0.2, 0.25) is 0 Å². The molecule has 0 spiro atoms. The first-order valence-electron chi connectivity index (χ1n) is 13.3. The van der Waals surface area contributed by atoms with Crippen molar-refractivity contribution in [2.24, 2.45) is 5.73 Å². The fraction of sp³-hybridized carbons (Fsp3) is 0.519. The Morgan fingerprint density at radius 3 is 2.54 bits per heavy atom. The topological polar surface area (TPSA) is 133 Å². The van der Waals surface area contributed by atoms with Crippen LogP contribution in [0, 0.1) is 5.82 Å². The van der Waals surface area contributed by atoms with Crippen LogP contribution in [-0.4, -0.2) is 75.5 Å². The Bertz CT molecular complexity index is 1260. The molecule has 4 heterocycles. The van der Waals surface area contributed by atoms with Crippen LogP contribution in [0.5, 0.6) is 0 Å². The maximum Gasteiger partial charge on any atom is 0.410 e. The van der Waals surface area contributed by atoms with Crippen LogP contribution >= 0.6 is 0 Å². The van der Waals surface area contributed by atoms with E-state index in [1.54, 1.807) is 29.4 Å². The summed E-state index contributed by atoms with van der Waals surface area (Å²) in [6, 6.07) is 6.49. The lowest BCUT2D eigenvalue weighted by molar-refractivity contribution is -0.0475. The van der Waals surface area contributed by atoms with Gasteiger partial charge in [0, 0.05) is 50.5 Å². The SMILES string of the molecule is CC(C)OC(=O)N1CCC(OC(C)c2nc(-c3cnc(N4CC(N)C(c5ccccc5F)C4)nc3)no2)CC1. The molecule has 3 unspecified atom stereocenters. The van der Waals surface area contributed by atoms with Crippen LogP contribution < -0.4 is 10.6 Å². The first-order chi connectivity index (χ1) is 18.8. The van der Waals surface area contributed by atoms with Gasteiger partial charge in [-0.3, -0.25) is 0 Å². The highest BCUT2D eigenvalue weighted by molar-refractivity contribution is 5.67. The number of halogens is 1. The summed E-state index contributed by atoms with van der Waals surface area (Å²) in [5, 5.41) is 4.07. The average Bonchev–Trinajstić information content (AvgIpc) is 3.57. The van der Waals surface area contributed by atoms with E-state index < -0.39 is 6.10 Å². The summed E-state index contributed by atoms with van der Waals surface area (Å²) in [6.45, 7) is 7.73. The van der Waals surface area contributed by atoms with Crippen LogP contribution in [0.3, 0.4) is 0 Å². The predicted molar refractivity (Wildman–Crippen MR) is 140 cm³/mol. The minimum Gasteiger partial charge on any atom is -0.447 e. The number of hydrogen-bond acceptors (Lipinski definition) is 10. The Balaban J connectivity index is 1.16. The summed E-state index contributed by atoms with van der Waals surface area (Å²) in [5.41, 5.74) is 7.55. The second-order valence-corrected chi connectivity index (χ2v) is 10.3. The van der Waals surface area contributed by atoms with Gasteiger partial charge in [0.05, 0.1) is 17.8 Å². The zero-order chi connectivity index (χ0) is 27.5. The number of nitrogens with two attached hydrogens (primary N) is 1. The van der Waals surface area contributed by atoms with E-state index in [4.69, 9.17) is 19.7 Å². The lowest BCUT2D eigenvalue weighted by atomic mass is 9.94. The fourth-order valence-electron chi connectivity index (χ4n) is 5.01. The first-order valence-corrected chi connectivity index (χ1v) is 13.3. The molecule has 0 bridgehead atoms. The molecule has 11 nitrogen and oxygen atoms in total. The second-order valence-electron chi connectivity index (χ2n) is 10.3. The Morgan fingerprint density at radius 1 is 1.13 bits per heavy atom. The molecule has 12 heteroatoms. The number of amides is 1. The molecule has 1 aromatic carbocycles. The van der Waals surface area contributed by atoms with Crippen molar-refractivity contribution in [2.75, 3.05) is 31.1 Å². The van der Waals surface area contributed by atoms with Gasteiger partial charge in [-0.2, -0.15) is 4.98 Å². The van der Waals surface area contributed by atoms with E-state index in [0.29, 0.717) is 67.8 Å². The number of piperidine rings is 1. The number of anilines is 1. The molecular formula is C27H34FN7O4. The molecule has 0 aliphatic carbocycles. The molecule has 2 aliphatic heterocycles. The Labute approximate surface area is 226 Å². The maximum absolute atomic E-state index is 14.3. The van der Waals surface area contributed by atoms with Crippen LogP contribution in [0.1, 0.15) is 57.1 Å². The number of carbonyl (C=O) groups is 1. The van der Waals surface area contributed by atoms with Gasteiger partial charge < -0.3 is 29.5 Å². The van der Waals surface area contributed by atoms with E-state index in [1.807, 2.05) is 31.7 Å². The third-order valence-corrected chi connectivity index (χ3v) is 7.07. The summed E-state index contributed by atoms with van der Waals surface area (Å²) >= 11 is 0. The molecule has 0 saturated carbocycles. The van der Waals surface area contributed by atoms with Crippen molar-refractivity contribution in [1.82, 2.24) is 25.0 Å².